The number of aryl methyl sites for hydroxylation is 1. The van der Waals surface area contributed by atoms with Crippen LogP contribution in [0.2, 0.25) is 18.1 Å². The molecule has 1 heterocycles. The van der Waals surface area contributed by atoms with E-state index in [1.165, 1.54) is 16.5 Å². The molecule has 0 aliphatic carbocycles. The summed E-state index contributed by atoms with van der Waals surface area (Å²) in [6, 6.07) is 6.33. The zero-order valence-corrected chi connectivity index (χ0v) is 14.7. The summed E-state index contributed by atoms with van der Waals surface area (Å²) in [5.74, 6) is 0. The molecular weight excluding hydrogens is 264 g/mol. The molecule has 0 N–H and O–H groups in total. The van der Waals surface area contributed by atoms with E-state index in [1.807, 2.05) is 6.07 Å². The first-order valence-corrected chi connectivity index (χ1v) is 10.2. The first-order valence-electron chi connectivity index (χ1n) is 7.28. The van der Waals surface area contributed by atoms with Crippen molar-refractivity contribution < 1.29 is 8.84 Å². The fraction of sp³-hybridized carbons (Fsp3) is 0.529. The van der Waals surface area contributed by atoms with Gasteiger partial charge in [-0.15, -0.1) is 0 Å². The van der Waals surface area contributed by atoms with Crippen LogP contribution in [-0.2, 0) is 4.43 Å². The number of furan rings is 1. The van der Waals surface area contributed by atoms with Gasteiger partial charge in [0.1, 0.15) is 5.58 Å². The highest BCUT2D eigenvalue weighted by Gasteiger charge is 2.38. The van der Waals surface area contributed by atoms with E-state index in [4.69, 9.17) is 8.84 Å². The second-order valence-corrected chi connectivity index (χ2v) is 11.9. The summed E-state index contributed by atoms with van der Waals surface area (Å²) >= 11 is 0. The summed E-state index contributed by atoms with van der Waals surface area (Å²) < 4.78 is 12.1. The van der Waals surface area contributed by atoms with Gasteiger partial charge in [-0.25, -0.2) is 0 Å². The lowest BCUT2D eigenvalue weighted by Crippen LogP contribution is -2.41. The van der Waals surface area contributed by atoms with Gasteiger partial charge >= 0.3 is 0 Å². The average molecular weight is 290 g/mol. The van der Waals surface area contributed by atoms with Crippen molar-refractivity contribution in [3.8, 4) is 0 Å². The second kappa shape index (κ2) is 5.04. The van der Waals surface area contributed by atoms with E-state index in [9.17, 15) is 0 Å². The highest BCUT2D eigenvalue weighted by atomic mass is 28.4. The second-order valence-electron chi connectivity index (χ2n) is 7.16. The number of hydrogen-bond acceptors (Lipinski definition) is 2. The van der Waals surface area contributed by atoms with Gasteiger partial charge in [-0.3, -0.25) is 0 Å². The van der Waals surface area contributed by atoms with Gasteiger partial charge in [-0.05, 0) is 49.2 Å². The normalized spacial score (nSPS) is 14.8. The minimum absolute atomic E-state index is 0.0941. The number of benzene rings is 1. The van der Waals surface area contributed by atoms with Crippen LogP contribution in [0, 0.1) is 6.92 Å². The van der Waals surface area contributed by atoms with Crippen LogP contribution >= 0.6 is 0 Å². The van der Waals surface area contributed by atoms with Gasteiger partial charge in [0.25, 0.3) is 0 Å². The fourth-order valence-corrected chi connectivity index (χ4v) is 3.62. The summed E-state index contributed by atoms with van der Waals surface area (Å²) in [4.78, 5) is 0. The van der Waals surface area contributed by atoms with E-state index in [-0.39, 0.29) is 11.1 Å². The minimum Gasteiger partial charge on any atom is -0.464 e. The van der Waals surface area contributed by atoms with E-state index in [1.54, 1.807) is 6.26 Å². The van der Waals surface area contributed by atoms with Crippen molar-refractivity contribution in [1.82, 2.24) is 0 Å². The Morgan fingerprint density at radius 1 is 1.15 bits per heavy atom. The third-order valence-electron chi connectivity index (χ3n) is 4.56. The monoisotopic (exact) mass is 290 g/mol. The lowest BCUT2D eigenvalue weighted by atomic mass is 10.0. The maximum Gasteiger partial charge on any atom is 0.192 e. The van der Waals surface area contributed by atoms with Gasteiger partial charge in [0.05, 0.1) is 12.4 Å². The van der Waals surface area contributed by atoms with Gasteiger partial charge in [-0.1, -0.05) is 32.9 Å². The smallest absolute Gasteiger partial charge is 0.192 e. The number of hydrogen-bond donors (Lipinski definition) is 0. The third-order valence-corrected chi connectivity index (χ3v) is 9.12. The lowest BCUT2D eigenvalue weighted by Gasteiger charge is -2.38. The van der Waals surface area contributed by atoms with Crippen molar-refractivity contribution >= 4 is 19.3 Å². The van der Waals surface area contributed by atoms with Crippen LogP contribution in [0.1, 0.15) is 44.9 Å². The Kier molecular flexibility index (Phi) is 3.87. The van der Waals surface area contributed by atoms with Crippen molar-refractivity contribution in [3.05, 3.63) is 35.6 Å². The largest absolute Gasteiger partial charge is 0.464 e. The predicted octanol–water partition coefficient (Wildman–Crippen LogP) is 5.82. The molecule has 1 atom stereocenters. The van der Waals surface area contributed by atoms with Crippen molar-refractivity contribution in [3.63, 3.8) is 0 Å². The van der Waals surface area contributed by atoms with Crippen LogP contribution in [0.5, 0.6) is 0 Å². The quantitative estimate of drug-likeness (QED) is 0.664. The maximum absolute atomic E-state index is 6.50. The van der Waals surface area contributed by atoms with Crippen LogP contribution in [0.15, 0.2) is 28.9 Å². The van der Waals surface area contributed by atoms with Gasteiger partial charge in [0.15, 0.2) is 8.32 Å². The van der Waals surface area contributed by atoms with Crippen molar-refractivity contribution in [2.45, 2.75) is 58.9 Å². The van der Waals surface area contributed by atoms with Gasteiger partial charge in [0.2, 0.25) is 0 Å². The van der Waals surface area contributed by atoms with E-state index in [2.05, 4.69) is 59.8 Å². The third kappa shape index (κ3) is 2.70. The molecule has 2 nitrogen and oxygen atoms in total. The maximum atomic E-state index is 6.50. The molecular formula is C17H26O2Si. The topological polar surface area (TPSA) is 22.4 Å². The van der Waals surface area contributed by atoms with Crippen LogP contribution in [0.4, 0.5) is 0 Å². The van der Waals surface area contributed by atoms with E-state index in [0.717, 1.165) is 5.58 Å². The molecule has 0 unspecified atom stereocenters. The molecule has 110 valence electrons. The van der Waals surface area contributed by atoms with Crippen LogP contribution in [-0.4, -0.2) is 8.32 Å². The van der Waals surface area contributed by atoms with Gasteiger partial charge in [-0.2, -0.15) is 0 Å². The Hall–Kier alpha value is -1.06. The molecule has 0 aliphatic heterocycles. The molecule has 0 fully saturated rings. The molecule has 0 saturated carbocycles. The SMILES string of the molecule is Cc1ccc([C@@H](C)O[Si](C)(C)C(C)(C)C)c2ccoc12. The van der Waals surface area contributed by atoms with E-state index >= 15 is 0 Å². The average Bonchev–Trinajstić information content (AvgIpc) is 2.76. The summed E-state index contributed by atoms with van der Waals surface area (Å²) in [5, 5.41) is 1.40. The molecule has 0 bridgehead atoms. The molecule has 0 saturated heterocycles. The number of rotatable bonds is 3. The van der Waals surface area contributed by atoms with Crippen molar-refractivity contribution in [2.75, 3.05) is 0 Å². The minimum atomic E-state index is -1.76. The molecule has 0 amide bonds. The summed E-state index contributed by atoms with van der Waals surface area (Å²) in [5.41, 5.74) is 3.38. The molecule has 2 aromatic rings. The van der Waals surface area contributed by atoms with Crippen LogP contribution < -0.4 is 0 Å². The molecule has 3 heteroatoms. The zero-order valence-electron chi connectivity index (χ0n) is 13.7. The van der Waals surface area contributed by atoms with Gasteiger partial charge in [0, 0.05) is 5.39 Å². The molecule has 0 radical (unpaired) electrons. The van der Waals surface area contributed by atoms with Crippen LogP contribution in [0.3, 0.4) is 0 Å². The summed E-state index contributed by atoms with van der Waals surface area (Å²) in [6.07, 6.45) is 1.86. The number of fused-ring (bicyclic) bond motifs is 1. The Balaban J connectivity index is 2.35. The zero-order chi connectivity index (χ0) is 15.1. The highest BCUT2D eigenvalue weighted by molar-refractivity contribution is 6.74. The Morgan fingerprint density at radius 2 is 1.80 bits per heavy atom. The standard InChI is InChI=1S/C17H26O2Si/c1-12-8-9-14(15-10-11-18-16(12)15)13(2)19-20(6,7)17(3,4)5/h8-11,13H,1-7H3/t13-/m1/s1. The summed E-state index contributed by atoms with van der Waals surface area (Å²) in [7, 11) is -1.76. The van der Waals surface area contributed by atoms with E-state index in [0.29, 0.717) is 0 Å². The predicted molar refractivity (Wildman–Crippen MR) is 87.6 cm³/mol. The molecule has 20 heavy (non-hydrogen) atoms. The Bertz CT molecular complexity index is 605. The first-order chi connectivity index (χ1) is 9.13. The molecule has 0 aliphatic rings. The molecule has 0 spiro atoms. The lowest BCUT2D eigenvalue weighted by molar-refractivity contribution is 0.204. The highest BCUT2D eigenvalue weighted by Crippen LogP contribution is 2.40. The Labute approximate surface area is 123 Å². The first kappa shape index (κ1) is 15.3. The van der Waals surface area contributed by atoms with Gasteiger partial charge < -0.3 is 8.84 Å². The van der Waals surface area contributed by atoms with Crippen molar-refractivity contribution in [1.29, 1.82) is 0 Å². The molecule has 1 aromatic heterocycles. The molecule has 2 rings (SSSR count). The van der Waals surface area contributed by atoms with Crippen LogP contribution in [0.25, 0.3) is 11.0 Å². The fourth-order valence-electron chi connectivity index (χ4n) is 2.26. The molecule has 1 aromatic carbocycles. The van der Waals surface area contributed by atoms with Crippen molar-refractivity contribution in [2.24, 2.45) is 0 Å². The Morgan fingerprint density at radius 3 is 2.40 bits per heavy atom. The van der Waals surface area contributed by atoms with E-state index < -0.39 is 8.32 Å². The summed E-state index contributed by atoms with van der Waals surface area (Å²) in [6.45, 7) is 15.6.